The largest absolute Gasteiger partial charge is 0.346 e. The van der Waals surface area contributed by atoms with E-state index in [4.69, 9.17) is 5.73 Å². The van der Waals surface area contributed by atoms with E-state index in [9.17, 15) is 9.59 Å². The monoisotopic (exact) mass is 421 g/mol. The number of hydrogen-bond donors (Lipinski definition) is 2. The fraction of sp³-hybridized carbons (Fsp3) is 0.429. The highest BCUT2D eigenvalue weighted by Gasteiger charge is 2.26. The Hall–Kier alpha value is -1.89. The van der Waals surface area contributed by atoms with E-state index in [0.717, 1.165) is 30.6 Å². The summed E-state index contributed by atoms with van der Waals surface area (Å²) in [5, 5.41) is 2.62. The third-order valence-corrected chi connectivity index (χ3v) is 6.12. The molecule has 0 aliphatic heterocycles. The Morgan fingerprint density at radius 1 is 1.07 bits per heavy atom. The first kappa shape index (κ1) is 22.4. The molecule has 28 heavy (non-hydrogen) atoms. The van der Waals surface area contributed by atoms with Gasteiger partial charge in [-0.25, -0.2) is 0 Å². The van der Waals surface area contributed by atoms with Crippen molar-refractivity contribution in [3.63, 3.8) is 0 Å². The molecule has 5 nitrogen and oxygen atoms in total. The molecule has 1 saturated carbocycles. The molecule has 1 fully saturated rings. The number of thiophene rings is 1. The molecule has 0 unspecified atom stereocenters. The van der Waals surface area contributed by atoms with Crippen molar-refractivity contribution in [3.05, 3.63) is 47.3 Å². The van der Waals surface area contributed by atoms with Crippen molar-refractivity contribution >= 4 is 35.6 Å². The van der Waals surface area contributed by atoms with E-state index in [0.29, 0.717) is 6.54 Å². The lowest BCUT2D eigenvalue weighted by atomic mass is 9.94. The number of hydrogen-bond acceptors (Lipinski definition) is 4. The van der Waals surface area contributed by atoms with E-state index >= 15 is 0 Å². The van der Waals surface area contributed by atoms with Crippen LogP contribution in [0.25, 0.3) is 10.4 Å². The molecular formula is C21H28ClN3O2S. The molecule has 0 saturated heterocycles. The van der Waals surface area contributed by atoms with Crippen molar-refractivity contribution in [3.8, 4) is 10.4 Å². The fourth-order valence-corrected chi connectivity index (χ4v) is 4.56. The molecule has 7 heteroatoms. The van der Waals surface area contributed by atoms with Gasteiger partial charge >= 0.3 is 0 Å². The SMILES string of the molecule is Cl.NCC(=O)NCC(=O)N(Cc1ccc(-c2ccccc2)s1)C1CCCCC1. The third kappa shape index (κ3) is 6.06. The summed E-state index contributed by atoms with van der Waals surface area (Å²) in [6.07, 6.45) is 5.62. The maximum Gasteiger partial charge on any atom is 0.242 e. The molecule has 2 amide bonds. The van der Waals surface area contributed by atoms with Gasteiger partial charge in [0.2, 0.25) is 11.8 Å². The van der Waals surface area contributed by atoms with Crippen LogP contribution in [-0.4, -0.2) is 35.8 Å². The standard InChI is InChI=1S/C21H27N3O2S.ClH/c22-13-20(25)23-14-21(26)24(17-9-5-2-6-10-17)15-18-11-12-19(27-18)16-7-3-1-4-8-16;/h1,3-4,7-8,11-12,17H,2,5-6,9-10,13-15,22H2,(H,23,25);1H. The molecule has 1 aromatic carbocycles. The smallest absolute Gasteiger partial charge is 0.242 e. The molecule has 2 aromatic rings. The van der Waals surface area contributed by atoms with Crippen LogP contribution in [0, 0.1) is 0 Å². The van der Waals surface area contributed by atoms with Crippen LogP contribution in [0.4, 0.5) is 0 Å². The third-order valence-electron chi connectivity index (χ3n) is 5.00. The van der Waals surface area contributed by atoms with Crippen LogP contribution in [0.3, 0.4) is 0 Å². The predicted molar refractivity (Wildman–Crippen MR) is 116 cm³/mol. The Morgan fingerprint density at radius 2 is 1.79 bits per heavy atom. The van der Waals surface area contributed by atoms with Gasteiger partial charge in [0.05, 0.1) is 19.6 Å². The zero-order valence-electron chi connectivity index (χ0n) is 15.9. The molecular weight excluding hydrogens is 394 g/mol. The molecule has 0 atom stereocenters. The van der Waals surface area contributed by atoms with E-state index in [-0.39, 0.29) is 43.4 Å². The Balaban J connectivity index is 0.00000280. The van der Waals surface area contributed by atoms with Gasteiger partial charge in [0.15, 0.2) is 0 Å². The van der Waals surface area contributed by atoms with Crippen LogP contribution in [0.15, 0.2) is 42.5 Å². The molecule has 1 aliphatic carbocycles. The van der Waals surface area contributed by atoms with E-state index < -0.39 is 0 Å². The highest BCUT2D eigenvalue weighted by molar-refractivity contribution is 7.15. The number of amides is 2. The van der Waals surface area contributed by atoms with Crippen molar-refractivity contribution in [2.45, 2.75) is 44.7 Å². The second kappa shape index (κ2) is 11.2. The summed E-state index contributed by atoms with van der Waals surface area (Å²) in [6, 6.07) is 14.8. The molecule has 0 spiro atoms. The maximum absolute atomic E-state index is 12.8. The van der Waals surface area contributed by atoms with Crippen molar-refractivity contribution in [1.82, 2.24) is 10.2 Å². The van der Waals surface area contributed by atoms with Gasteiger partial charge < -0.3 is 16.0 Å². The molecule has 0 bridgehead atoms. The van der Waals surface area contributed by atoms with Gasteiger partial charge in [-0.2, -0.15) is 0 Å². The minimum Gasteiger partial charge on any atom is -0.346 e. The highest BCUT2D eigenvalue weighted by Crippen LogP contribution is 2.30. The van der Waals surface area contributed by atoms with Gasteiger partial charge in [-0.15, -0.1) is 23.7 Å². The number of carbonyl (C=O) groups excluding carboxylic acids is 2. The Kier molecular flexibility index (Phi) is 8.96. The number of nitrogens with zero attached hydrogens (tertiary/aromatic N) is 1. The summed E-state index contributed by atoms with van der Waals surface area (Å²) in [4.78, 5) is 28.6. The van der Waals surface area contributed by atoms with Crippen LogP contribution in [0.5, 0.6) is 0 Å². The van der Waals surface area contributed by atoms with Gasteiger partial charge in [0.25, 0.3) is 0 Å². The number of halogens is 1. The van der Waals surface area contributed by atoms with Crippen LogP contribution in [0.2, 0.25) is 0 Å². The van der Waals surface area contributed by atoms with Crippen LogP contribution in [-0.2, 0) is 16.1 Å². The first-order valence-electron chi connectivity index (χ1n) is 9.57. The summed E-state index contributed by atoms with van der Waals surface area (Å²) in [5.74, 6) is -0.326. The second-order valence-corrected chi connectivity index (χ2v) is 8.09. The summed E-state index contributed by atoms with van der Waals surface area (Å²) >= 11 is 1.72. The summed E-state index contributed by atoms with van der Waals surface area (Å²) in [7, 11) is 0. The molecule has 1 heterocycles. The Labute approximate surface area is 176 Å². The molecule has 1 aliphatic rings. The van der Waals surface area contributed by atoms with Crippen molar-refractivity contribution in [1.29, 1.82) is 0 Å². The fourth-order valence-electron chi connectivity index (χ4n) is 3.55. The molecule has 0 radical (unpaired) electrons. The predicted octanol–water partition coefficient (Wildman–Crippen LogP) is 3.57. The van der Waals surface area contributed by atoms with Gasteiger partial charge in [-0.3, -0.25) is 9.59 Å². The van der Waals surface area contributed by atoms with E-state index in [1.54, 1.807) is 11.3 Å². The van der Waals surface area contributed by atoms with E-state index in [1.165, 1.54) is 16.9 Å². The van der Waals surface area contributed by atoms with Crippen LogP contribution >= 0.6 is 23.7 Å². The Morgan fingerprint density at radius 3 is 2.46 bits per heavy atom. The van der Waals surface area contributed by atoms with Gasteiger partial charge in [-0.05, 0) is 30.5 Å². The lowest BCUT2D eigenvalue weighted by Crippen LogP contribution is -2.46. The normalized spacial score (nSPS) is 14.2. The number of nitrogens with one attached hydrogen (secondary N) is 1. The zero-order valence-corrected chi connectivity index (χ0v) is 17.6. The average molecular weight is 422 g/mol. The molecule has 3 N–H and O–H groups in total. The van der Waals surface area contributed by atoms with Crippen LogP contribution in [0.1, 0.15) is 37.0 Å². The van der Waals surface area contributed by atoms with E-state index in [1.807, 2.05) is 23.1 Å². The minimum absolute atomic E-state index is 0. The molecule has 3 rings (SSSR count). The van der Waals surface area contributed by atoms with Crippen LogP contribution < -0.4 is 11.1 Å². The number of nitrogens with two attached hydrogens (primary N) is 1. The first-order chi connectivity index (χ1) is 13.2. The topological polar surface area (TPSA) is 75.4 Å². The molecule has 1 aromatic heterocycles. The number of benzene rings is 1. The van der Waals surface area contributed by atoms with Crippen molar-refractivity contribution in [2.24, 2.45) is 5.73 Å². The Bertz CT molecular complexity index is 760. The van der Waals surface area contributed by atoms with Gasteiger partial charge in [0, 0.05) is 15.8 Å². The minimum atomic E-state index is -0.297. The second-order valence-electron chi connectivity index (χ2n) is 6.93. The van der Waals surface area contributed by atoms with Crippen molar-refractivity contribution < 1.29 is 9.59 Å². The maximum atomic E-state index is 12.8. The lowest BCUT2D eigenvalue weighted by molar-refractivity contribution is -0.135. The highest BCUT2D eigenvalue weighted by atomic mass is 35.5. The van der Waals surface area contributed by atoms with Gasteiger partial charge in [0.1, 0.15) is 0 Å². The van der Waals surface area contributed by atoms with E-state index in [2.05, 4.69) is 29.6 Å². The molecule has 152 valence electrons. The average Bonchev–Trinajstić information content (AvgIpc) is 3.20. The summed E-state index contributed by atoms with van der Waals surface area (Å²) in [6.45, 7) is 0.519. The first-order valence-corrected chi connectivity index (χ1v) is 10.4. The summed E-state index contributed by atoms with van der Waals surface area (Å²) in [5.41, 5.74) is 6.52. The lowest BCUT2D eigenvalue weighted by Gasteiger charge is -2.34. The quantitative estimate of drug-likeness (QED) is 0.717. The van der Waals surface area contributed by atoms with Crippen molar-refractivity contribution in [2.75, 3.05) is 13.1 Å². The van der Waals surface area contributed by atoms with Gasteiger partial charge in [-0.1, -0.05) is 49.6 Å². The number of rotatable bonds is 7. The number of carbonyl (C=O) groups is 2. The zero-order chi connectivity index (χ0) is 19.1. The summed E-state index contributed by atoms with van der Waals surface area (Å²) < 4.78 is 0.